The van der Waals surface area contributed by atoms with E-state index in [2.05, 4.69) is 12.2 Å². The molecule has 2 rings (SSSR count). The summed E-state index contributed by atoms with van der Waals surface area (Å²) in [7, 11) is 0. The van der Waals surface area contributed by atoms with Crippen molar-refractivity contribution in [2.75, 3.05) is 32.8 Å². The molecule has 1 fully saturated rings. The van der Waals surface area contributed by atoms with Crippen molar-refractivity contribution in [3.8, 4) is 5.75 Å². The summed E-state index contributed by atoms with van der Waals surface area (Å²) in [5.41, 5.74) is 0.879. The van der Waals surface area contributed by atoms with Crippen LogP contribution >= 0.6 is 0 Å². The SMILES string of the molecule is CCCCNC(=O)N(CCOc1ccc(CC(OCC)C(=O)O)cc1)CC1CC1. The number of carbonyl (C=O) groups is 2. The first-order valence-corrected chi connectivity index (χ1v) is 10.6. The van der Waals surface area contributed by atoms with Crippen molar-refractivity contribution in [3.05, 3.63) is 29.8 Å². The molecule has 2 N–H and O–H groups in total. The zero-order valence-corrected chi connectivity index (χ0v) is 17.6. The molecule has 0 bridgehead atoms. The van der Waals surface area contributed by atoms with E-state index in [-0.39, 0.29) is 6.03 Å². The molecule has 1 saturated carbocycles. The Hall–Kier alpha value is -2.28. The zero-order chi connectivity index (χ0) is 21.1. The van der Waals surface area contributed by atoms with E-state index in [0.29, 0.717) is 44.4 Å². The topological polar surface area (TPSA) is 88.1 Å². The van der Waals surface area contributed by atoms with Crippen LogP contribution in [-0.2, 0) is 16.0 Å². The predicted octanol–water partition coefficient (Wildman–Crippen LogP) is 3.32. The molecule has 162 valence electrons. The lowest BCUT2D eigenvalue weighted by Crippen LogP contribution is -2.43. The first kappa shape index (κ1) is 23.0. The fourth-order valence-corrected chi connectivity index (χ4v) is 3.00. The maximum atomic E-state index is 12.4. The van der Waals surface area contributed by atoms with Crippen LogP contribution in [0.5, 0.6) is 5.75 Å². The fraction of sp³-hybridized carbons (Fsp3) is 0.636. The Bertz CT molecular complexity index is 631. The molecule has 1 atom stereocenters. The number of carboxylic acids is 1. The molecule has 0 spiro atoms. The summed E-state index contributed by atoms with van der Waals surface area (Å²) < 4.78 is 11.0. The number of nitrogens with zero attached hydrogens (tertiary/aromatic N) is 1. The summed E-state index contributed by atoms with van der Waals surface area (Å²) >= 11 is 0. The van der Waals surface area contributed by atoms with Gasteiger partial charge in [-0.05, 0) is 49.8 Å². The van der Waals surface area contributed by atoms with E-state index in [1.807, 2.05) is 29.2 Å². The van der Waals surface area contributed by atoms with Crippen molar-refractivity contribution >= 4 is 12.0 Å². The number of aliphatic carboxylic acids is 1. The number of hydrogen-bond acceptors (Lipinski definition) is 4. The smallest absolute Gasteiger partial charge is 0.333 e. The van der Waals surface area contributed by atoms with Gasteiger partial charge in [-0.1, -0.05) is 25.5 Å². The summed E-state index contributed by atoms with van der Waals surface area (Å²) in [6.45, 7) is 6.70. The number of carbonyl (C=O) groups excluding carboxylic acids is 1. The van der Waals surface area contributed by atoms with E-state index >= 15 is 0 Å². The minimum Gasteiger partial charge on any atom is -0.492 e. The third kappa shape index (κ3) is 8.73. The van der Waals surface area contributed by atoms with Crippen LogP contribution in [0.25, 0.3) is 0 Å². The predicted molar refractivity (Wildman–Crippen MR) is 111 cm³/mol. The number of urea groups is 1. The Kier molecular flexibility index (Phi) is 9.77. The molecule has 0 heterocycles. The Morgan fingerprint density at radius 2 is 1.97 bits per heavy atom. The van der Waals surface area contributed by atoms with Crippen molar-refractivity contribution < 1.29 is 24.2 Å². The van der Waals surface area contributed by atoms with Gasteiger partial charge < -0.3 is 24.8 Å². The molecule has 0 radical (unpaired) electrons. The second-order valence-electron chi connectivity index (χ2n) is 7.45. The van der Waals surface area contributed by atoms with Crippen LogP contribution in [0.4, 0.5) is 4.79 Å². The lowest BCUT2D eigenvalue weighted by molar-refractivity contribution is -0.149. The molecule has 0 aromatic heterocycles. The average molecular weight is 407 g/mol. The number of amides is 2. The quantitative estimate of drug-likeness (QED) is 0.463. The molecule has 0 saturated heterocycles. The van der Waals surface area contributed by atoms with E-state index in [0.717, 1.165) is 24.9 Å². The van der Waals surface area contributed by atoms with Gasteiger partial charge in [0.05, 0.1) is 6.54 Å². The number of hydrogen-bond donors (Lipinski definition) is 2. The van der Waals surface area contributed by atoms with Crippen molar-refractivity contribution in [2.24, 2.45) is 5.92 Å². The molecule has 0 aliphatic heterocycles. The van der Waals surface area contributed by atoms with Crippen LogP contribution in [0.1, 0.15) is 45.1 Å². The van der Waals surface area contributed by atoms with Gasteiger partial charge in [0.15, 0.2) is 6.10 Å². The summed E-state index contributed by atoms with van der Waals surface area (Å²) in [6, 6.07) is 7.34. The number of benzene rings is 1. The Morgan fingerprint density at radius 1 is 1.24 bits per heavy atom. The second kappa shape index (κ2) is 12.3. The van der Waals surface area contributed by atoms with Crippen LogP contribution in [0.3, 0.4) is 0 Å². The van der Waals surface area contributed by atoms with Crippen molar-refractivity contribution in [1.82, 2.24) is 10.2 Å². The van der Waals surface area contributed by atoms with Crippen LogP contribution in [0, 0.1) is 5.92 Å². The minimum atomic E-state index is -0.958. The third-order valence-corrected chi connectivity index (χ3v) is 4.89. The Morgan fingerprint density at radius 3 is 2.55 bits per heavy atom. The molecular weight excluding hydrogens is 372 g/mol. The molecule has 7 nitrogen and oxygen atoms in total. The maximum Gasteiger partial charge on any atom is 0.333 e. The second-order valence-corrected chi connectivity index (χ2v) is 7.45. The van der Waals surface area contributed by atoms with Crippen molar-refractivity contribution in [2.45, 2.75) is 52.1 Å². The van der Waals surface area contributed by atoms with Gasteiger partial charge in [-0.15, -0.1) is 0 Å². The molecule has 7 heteroatoms. The summed E-state index contributed by atoms with van der Waals surface area (Å²) in [6.07, 6.45) is 3.91. The van der Waals surface area contributed by atoms with Gasteiger partial charge in [0.2, 0.25) is 0 Å². The maximum absolute atomic E-state index is 12.4. The van der Waals surface area contributed by atoms with Crippen LogP contribution in [0.15, 0.2) is 24.3 Å². The molecule has 1 aliphatic carbocycles. The fourth-order valence-electron chi connectivity index (χ4n) is 3.00. The molecular formula is C22H34N2O5. The standard InChI is InChI=1S/C22H34N2O5/c1-3-5-12-23-22(27)24(16-18-6-7-18)13-14-29-19-10-8-17(9-11-19)15-20(21(25)26)28-4-2/h8-11,18,20H,3-7,12-16H2,1-2H3,(H,23,27)(H,25,26). The van der Waals surface area contributed by atoms with Gasteiger partial charge in [0.1, 0.15) is 12.4 Å². The van der Waals surface area contributed by atoms with Crippen LogP contribution < -0.4 is 10.1 Å². The van der Waals surface area contributed by atoms with Crippen LogP contribution in [0.2, 0.25) is 0 Å². The molecule has 1 aromatic carbocycles. The lowest BCUT2D eigenvalue weighted by atomic mass is 10.1. The van der Waals surface area contributed by atoms with E-state index in [1.54, 1.807) is 6.92 Å². The summed E-state index contributed by atoms with van der Waals surface area (Å²) in [5.74, 6) is 0.369. The average Bonchev–Trinajstić information content (AvgIpc) is 3.52. The molecule has 29 heavy (non-hydrogen) atoms. The largest absolute Gasteiger partial charge is 0.492 e. The molecule has 1 unspecified atom stereocenters. The number of unbranched alkanes of at least 4 members (excludes halogenated alkanes) is 1. The van der Waals surface area contributed by atoms with Gasteiger partial charge in [-0.2, -0.15) is 0 Å². The summed E-state index contributed by atoms with van der Waals surface area (Å²) in [5, 5.41) is 12.2. The van der Waals surface area contributed by atoms with E-state index in [4.69, 9.17) is 9.47 Å². The Labute approximate surface area is 173 Å². The highest BCUT2D eigenvalue weighted by molar-refractivity contribution is 5.74. The molecule has 2 amide bonds. The first-order valence-electron chi connectivity index (χ1n) is 10.6. The number of nitrogens with one attached hydrogen (secondary N) is 1. The molecule has 1 aromatic rings. The minimum absolute atomic E-state index is 0.0139. The highest BCUT2D eigenvalue weighted by Crippen LogP contribution is 2.29. The van der Waals surface area contributed by atoms with Gasteiger partial charge >= 0.3 is 12.0 Å². The van der Waals surface area contributed by atoms with Crippen molar-refractivity contribution in [1.29, 1.82) is 0 Å². The highest BCUT2D eigenvalue weighted by Gasteiger charge is 2.26. The first-order chi connectivity index (χ1) is 14.0. The molecule has 1 aliphatic rings. The van der Waals surface area contributed by atoms with Crippen LogP contribution in [-0.4, -0.2) is 61.0 Å². The normalized spacial score (nSPS) is 14.3. The zero-order valence-electron chi connectivity index (χ0n) is 17.6. The van der Waals surface area contributed by atoms with Gasteiger partial charge in [0, 0.05) is 26.1 Å². The third-order valence-electron chi connectivity index (χ3n) is 4.89. The van der Waals surface area contributed by atoms with Gasteiger partial charge in [-0.3, -0.25) is 0 Å². The number of ether oxygens (including phenoxy) is 2. The van der Waals surface area contributed by atoms with E-state index in [9.17, 15) is 14.7 Å². The van der Waals surface area contributed by atoms with E-state index in [1.165, 1.54) is 12.8 Å². The van der Waals surface area contributed by atoms with Gasteiger partial charge in [-0.25, -0.2) is 9.59 Å². The Balaban J connectivity index is 1.79. The number of carboxylic acid groups (broad SMARTS) is 1. The highest BCUT2D eigenvalue weighted by atomic mass is 16.5. The van der Waals surface area contributed by atoms with Crippen molar-refractivity contribution in [3.63, 3.8) is 0 Å². The summed E-state index contributed by atoms with van der Waals surface area (Å²) in [4.78, 5) is 25.4. The van der Waals surface area contributed by atoms with Gasteiger partial charge in [0.25, 0.3) is 0 Å². The number of rotatable bonds is 14. The monoisotopic (exact) mass is 406 g/mol. The van der Waals surface area contributed by atoms with E-state index < -0.39 is 12.1 Å². The lowest BCUT2D eigenvalue weighted by Gasteiger charge is -2.23.